The van der Waals surface area contributed by atoms with Crippen LogP contribution < -0.4 is 9.47 Å². The highest BCUT2D eigenvalue weighted by Crippen LogP contribution is 2.37. The third-order valence-electron chi connectivity index (χ3n) is 2.13. The van der Waals surface area contributed by atoms with Crippen LogP contribution in [0, 0.1) is 0 Å². The van der Waals surface area contributed by atoms with Crippen molar-refractivity contribution >= 4 is 15.9 Å². The van der Waals surface area contributed by atoms with Gasteiger partial charge in [0.2, 0.25) is 0 Å². The maximum absolute atomic E-state index is 5.25. The van der Waals surface area contributed by atoms with E-state index in [2.05, 4.69) is 29.8 Å². The van der Waals surface area contributed by atoms with Gasteiger partial charge in [0.25, 0.3) is 0 Å². The van der Waals surface area contributed by atoms with Gasteiger partial charge >= 0.3 is 0 Å². The normalized spacial score (nSPS) is 10.4. The Hall–Kier alpha value is -0.700. The number of methoxy groups -OCH3 is 2. The minimum Gasteiger partial charge on any atom is -0.495 e. The molecule has 0 fully saturated rings. The highest BCUT2D eigenvalue weighted by Gasteiger charge is 2.11. The Morgan fingerprint density at radius 1 is 1.07 bits per heavy atom. The Labute approximate surface area is 93.4 Å². The fraction of sp³-hybridized carbons (Fsp3) is 0.455. The van der Waals surface area contributed by atoms with Gasteiger partial charge in [0.1, 0.15) is 16.0 Å². The monoisotopic (exact) mass is 258 g/mol. The summed E-state index contributed by atoms with van der Waals surface area (Å²) in [6, 6.07) is 4.05. The van der Waals surface area contributed by atoms with Crippen molar-refractivity contribution in [1.82, 2.24) is 0 Å². The number of ether oxygens (including phenoxy) is 2. The third kappa shape index (κ3) is 2.21. The summed E-state index contributed by atoms with van der Waals surface area (Å²) < 4.78 is 11.4. The summed E-state index contributed by atoms with van der Waals surface area (Å²) in [5.74, 6) is 2.09. The van der Waals surface area contributed by atoms with Crippen LogP contribution in [0.5, 0.6) is 11.5 Å². The fourth-order valence-corrected chi connectivity index (χ4v) is 1.78. The lowest BCUT2D eigenvalue weighted by atomic mass is 10.0. The lowest BCUT2D eigenvalue weighted by Crippen LogP contribution is -1.94. The van der Waals surface area contributed by atoms with Crippen molar-refractivity contribution < 1.29 is 9.47 Å². The van der Waals surface area contributed by atoms with E-state index in [0.717, 1.165) is 16.0 Å². The van der Waals surface area contributed by atoms with E-state index in [4.69, 9.17) is 9.47 Å². The van der Waals surface area contributed by atoms with Gasteiger partial charge in [-0.1, -0.05) is 13.8 Å². The molecule has 1 aromatic carbocycles. The van der Waals surface area contributed by atoms with Gasteiger partial charge in [-0.2, -0.15) is 0 Å². The summed E-state index contributed by atoms with van der Waals surface area (Å²) in [5.41, 5.74) is 1.21. The van der Waals surface area contributed by atoms with Gasteiger partial charge < -0.3 is 9.47 Å². The molecule has 0 heterocycles. The summed E-state index contributed by atoms with van der Waals surface area (Å²) in [4.78, 5) is 0. The summed E-state index contributed by atoms with van der Waals surface area (Å²) in [6.07, 6.45) is 0. The Balaban J connectivity index is 3.25. The first-order chi connectivity index (χ1) is 6.60. The topological polar surface area (TPSA) is 18.5 Å². The molecule has 1 aromatic rings. The van der Waals surface area contributed by atoms with E-state index in [0.29, 0.717) is 5.92 Å². The minimum atomic E-state index is 0.464. The molecule has 0 aromatic heterocycles. The van der Waals surface area contributed by atoms with E-state index in [-0.39, 0.29) is 0 Å². The summed E-state index contributed by atoms with van der Waals surface area (Å²) in [5, 5.41) is 0. The zero-order valence-corrected chi connectivity index (χ0v) is 10.5. The molecule has 0 unspecified atom stereocenters. The molecule has 0 saturated carbocycles. The van der Waals surface area contributed by atoms with Crippen molar-refractivity contribution in [2.45, 2.75) is 19.8 Å². The van der Waals surface area contributed by atoms with Gasteiger partial charge in [-0.25, -0.2) is 0 Å². The zero-order valence-electron chi connectivity index (χ0n) is 8.93. The molecule has 0 amide bonds. The van der Waals surface area contributed by atoms with E-state index < -0.39 is 0 Å². The van der Waals surface area contributed by atoms with Crippen LogP contribution in [0.3, 0.4) is 0 Å². The summed E-state index contributed by atoms with van der Waals surface area (Å²) >= 11 is 3.43. The molecule has 0 aliphatic carbocycles. The predicted molar refractivity (Wildman–Crippen MR) is 61.3 cm³/mol. The van der Waals surface area contributed by atoms with Crippen molar-refractivity contribution in [2.75, 3.05) is 14.2 Å². The van der Waals surface area contributed by atoms with Crippen LogP contribution in [0.25, 0.3) is 0 Å². The number of rotatable bonds is 3. The fourth-order valence-electron chi connectivity index (χ4n) is 1.22. The number of benzene rings is 1. The molecule has 0 radical (unpaired) electrons. The van der Waals surface area contributed by atoms with Gasteiger partial charge in [-0.3, -0.25) is 0 Å². The quantitative estimate of drug-likeness (QED) is 0.825. The minimum absolute atomic E-state index is 0.464. The molecular formula is C11H15BrO2. The second-order valence-corrected chi connectivity index (χ2v) is 4.19. The third-order valence-corrected chi connectivity index (χ3v) is 2.92. The first-order valence-corrected chi connectivity index (χ1v) is 5.30. The SMILES string of the molecule is COc1cc(C(C)C)cc(OC)c1Br. The highest BCUT2D eigenvalue weighted by atomic mass is 79.9. The zero-order chi connectivity index (χ0) is 10.7. The van der Waals surface area contributed by atoms with Gasteiger partial charge in [-0.05, 0) is 39.5 Å². The molecule has 78 valence electrons. The van der Waals surface area contributed by atoms with Crippen molar-refractivity contribution in [1.29, 1.82) is 0 Å². The van der Waals surface area contributed by atoms with Gasteiger partial charge in [0.05, 0.1) is 14.2 Å². The summed E-state index contributed by atoms with van der Waals surface area (Å²) in [7, 11) is 3.31. The molecule has 0 aliphatic rings. The first kappa shape index (κ1) is 11.4. The Bertz CT molecular complexity index is 296. The summed E-state index contributed by atoms with van der Waals surface area (Å²) in [6.45, 7) is 4.28. The van der Waals surface area contributed by atoms with Crippen LogP contribution in [0.2, 0.25) is 0 Å². The lowest BCUT2D eigenvalue weighted by Gasteiger charge is -2.13. The molecule has 2 nitrogen and oxygen atoms in total. The van der Waals surface area contributed by atoms with Gasteiger partial charge in [-0.15, -0.1) is 0 Å². The van der Waals surface area contributed by atoms with Crippen molar-refractivity contribution in [3.63, 3.8) is 0 Å². The molecule has 0 saturated heterocycles. The van der Waals surface area contributed by atoms with Gasteiger partial charge in [0, 0.05) is 0 Å². The maximum Gasteiger partial charge on any atom is 0.137 e. The molecular weight excluding hydrogens is 244 g/mol. The average Bonchev–Trinajstić information content (AvgIpc) is 2.17. The average molecular weight is 259 g/mol. The van der Waals surface area contributed by atoms with Crippen LogP contribution in [-0.4, -0.2) is 14.2 Å². The highest BCUT2D eigenvalue weighted by molar-refractivity contribution is 9.10. The lowest BCUT2D eigenvalue weighted by molar-refractivity contribution is 0.388. The first-order valence-electron chi connectivity index (χ1n) is 4.51. The van der Waals surface area contributed by atoms with Crippen LogP contribution in [0.1, 0.15) is 25.3 Å². The van der Waals surface area contributed by atoms with E-state index in [9.17, 15) is 0 Å². The van der Waals surface area contributed by atoms with Crippen molar-refractivity contribution in [3.05, 3.63) is 22.2 Å². The number of halogens is 1. The molecule has 0 bridgehead atoms. The Kier molecular flexibility index (Phi) is 3.81. The number of hydrogen-bond acceptors (Lipinski definition) is 2. The van der Waals surface area contributed by atoms with Crippen LogP contribution >= 0.6 is 15.9 Å². The number of hydrogen-bond donors (Lipinski definition) is 0. The second-order valence-electron chi connectivity index (χ2n) is 3.39. The molecule has 1 rings (SSSR count). The van der Waals surface area contributed by atoms with Crippen molar-refractivity contribution in [3.8, 4) is 11.5 Å². The Morgan fingerprint density at radius 2 is 1.50 bits per heavy atom. The molecule has 0 spiro atoms. The predicted octanol–water partition coefficient (Wildman–Crippen LogP) is 3.59. The Morgan fingerprint density at radius 3 is 1.79 bits per heavy atom. The van der Waals surface area contributed by atoms with Crippen LogP contribution in [0.15, 0.2) is 16.6 Å². The maximum atomic E-state index is 5.25. The second kappa shape index (κ2) is 4.69. The van der Waals surface area contributed by atoms with Crippen LogP contribution in [0.4, 0.5) is 0 Å². The molecule has 0 atom stereocenters. The van der Waals surface area contributed by atoms with E-state index in [1.165, 1.54) is 5.56 Å². The molecule has 0 aliphatic heterocycles. The van der Waals surface area contributed by atoms with Crippen LogP contribution in [-0.2, 0) is 0 Å². The standard InChI is InChI=1S/C11H15BrO2/c1-7(2)8-5-9(13-3)11(12)10(6-8)14-4/h5-7H,1-4H3. The van der Waals surface area contributed by atoms with E-state index in [1.54, 1.807) is 14.2 Å². The largest absolute Gasteiger partial charge is 0.495 e. The smallest absolute Gasteiger partial charge is 0.137 e. The van der Waals surface area contributed by atoms with E-state index >= 15 is 0 Å². The van der Waals surface area contributed by atoms with Gasteiger partial charge in [0.15, 0.2) is 0 Å². The molecule has 0 N–H and O–H groups in total. The molecule has 14 heavy (non-hydrogen) atoms. The molecule has 3 heteroatoms. The van der Waals surface area contributed by atoms with E-state index in [1.807, 2.05) is 12.1 Å². The van der Waals surface area contributed by atoms with Crippen molar-refractivity contribution in [2.24, 2.45) is 0 Å².